The number of allylic oxidation sites excluding steroid dienone is 2. The van der Waals surface area contributed by atoms with E-state index in [1.165, 1.54) is 12.1 Å². The molecule has 2 N–H and O–H groups in total. The number of rotatable bonds is 9. The first-order valence-corrected chi connectivity index (χ1v) is 12.1. The molecule has 4 rings (SSSR count). The van der Waals surface area contributed by atoms with Gasteiger partial charge < -0.3 is 15.4 Å². The van der Waals surface area contributed by atoms with Gasteiger partial charge >= 0.3 is 6.03 Å². The summed E-state index contributed by atoms with van der Waals surface area (Å²) in [5.74, 6) is 0.416. The summed E-state index contributed by atoms with van der Waals surface area (Å²) in [5, 5.41) is 7.12. The van der Waals surface area contributed by atoms with Gasteiger partial charge in [0.15, 0.2) is 5.82 Å². The molecule has 1 aliphatic heterocycles. The molecule has 0 saturated heterocycles. The predicted molar refractivity (Wildman–Crippen MR) is 141 cm³/mol. The third kappa shape index (κ3) is 6.34. The number of primary amides is 1. The molecule has 1 aliphatic rings. The highest BCUT2D eigenvalue weighted by Crippen LogP contribution is 2.31. The molecule has 0 unspecified atom stereocenters. The van der Waals surface area contributed by atoms with Gasteiger partial charge in [-0.05, 0) is 49.9 Å². The fourth-order valence-electron chi connectivity index (χ4n) is 3.87. The molecule has 10 heteroatoms. The molecule has 194 valence electrons. The number of likely N-dealkylation sites (N-methyl/N-ethyl adjacent to an activating group) is 1. The van der Waals surface area contributed by atoms with Crippen LogP contribution < -0.4 is 15.5 Å². The van der Waals surface area contributed by atoms with E-state index in [1.807, 2.05) is 37.1 Å². The van der Waals surface area contributed by atoms with Crippen molar-refractivity contribution in [1.82, 2.24) is 24.7 Å². The van der Waals surface area contributed by atoms with Crippen LogP contribution >= 0.6 is 0 Å². The molecule has 37 heavy (non-hydrogen) atoms. The number of nitrogens with zero attached hydrogens (tertiary/aromatic N) is 6. The standard InChI is InChI=1S/C27H32FN7O2/c1-19(2)20-6-5-11-34(18-20)35(27(29)36)26-8-7-22(14-24(26)28)37-23-9-10-30-25(15-23)21-16-31-33(17-21)13-12-32(3)4/h5-11,14-17,19H,12-13,18H2,1-4H3,(H2,29,36). The lowest BCUT2D eigenvalue weighted by atomic mass is 10.0. The van der Waals surface area contributed by atoms with Gasteiger partial charge in [0.05, 0.1) is 25.0 Å². The van der Waals surface area contributed by atoms with Crippen LogP contribution in [0, 0.1) is 11.7 Å². The van der Waals surface area contributed by atoms with Gasteiger partial charge in [-0.15, -0.1) is 0 Å². The smallest absolute Gasteiger partial charge is 0.338 e. The lowest BCUT2D eigenvalue weighted by molar-refractivity contribution is 0.237. The van der Waals surface area contributed by atoms with Crippen LogP contribution in [0.5, 0.6) is 11.5 Å². The second kappa shape index (κ2) is 11.3. The molecule has 3 heterocycles. The van der Waals surface area contributed by atoms with Gasteiger partial charge in [-0.3, -0.25) is 14.7 Å². The minimum absolute atomic E-state index is 0.0371. The lowest BCUT2D eigenvalue weighted by Gasteiger charge is -2.35. The Morgan fingerprint density at radius 2 is 2.00 bits per heavy atom. The fourth-order valence-corrected chi connectivity index (χ4v) is 3.87. The van der Waals surface area contributed by atoms with Crippen LogP contribution in [-0.4, -0.2) is 57.9 Å². The van der Waals surface area contributed by atoms with Gasteiger partial charge in [0.25, 0.3) is 0 Å². The number of pyridine rings is 1. The number of halogens is 1. The summed E-state index contributed by atoms with van der Waals surface area (Å²) < 4.78 is 23.0. The SMILES string of the molecule is CC(C)C1=CC=CN(N(C(N)=O)c2ccc(Oc3ccnc(-c4cnn(CCN(C)C)c4)c3)cc2F)C1. The highest BCUT2D eigenvalue weighted by molar-refractivity contribution is 5.90. The van der Waals surface area contributed by atoms with Crippen molar-refractivity contribution in [3.63, 3.8) is 0 Å². The third-order valence-electron chi connectivity index (χ3n) is 5.94. The van der Waals surface area contributed by atoms with Crippen molar-refractivity contribution < 1.29 is 13.9 Å². The van der Waals surface area contributed by atoms with Gasteiger partial charge in [0, 0.05) is 42.8 Å². The summed E-state index contributed by atoms with van der Waals surface area (Å²) in [5.41, 5.74) is 8.32. The molecule has 1 aromatic carbocycles. The van der Waals surface area contributed by atoms with Gasteiger partial charge in [-0.25, -0.2) is 14.2 Å². The normalized spacial score (nSPS) is 13.3. The van der Waals surface area contributed by atoms with Crippen LogP contribution in [0.4, 0.5) is 14.9 Å². The average molecular weight is 506 g/mol. The zero-order chi connectivity index (χ0) is 26.5. The van der Waals surface area contributed by atoms with E-state index in [0.29, 0.717) is 18.0 Å². The van der Waals surface area contributed by atoms with Crippen LogP contribution in [0.1, 0.15) is 13.8 Å². The first-order chi connectivity index (χ1) is 17.7. The van der Waals surface area contributed by atoms with E-state index in [0.717, 1.165) is 29.2 Å². The average Bonchev–Trinajstić information content (AvgIpc) is 3.34. The number of hydrazine groups is 1. The Kier molecular flexibility index (Phi) is 7.88. The number of hydrogen-bond donors (Lipinski definition) is 1. The van der Waals surface area contributed by atoms with Gasteiger partial charge in [-0.2, -0.15) is 5.10 Å². The highest BCUT2D eigenvalue weighted by Gasteiger charge is 2.25. The van der Waals surface area contributed by atoms with Crippen LogP contribution in [0.3, 0.4) is 0 Å². The number of hydrogen-bond acceptors (Lipinski definition) is 6. The predicted octanol–water partition coefficient (Wildman–Crippen LogP) is 4.65. The minimum atomic E-state index is -0.785. The van der Waals surface area contributed by atoms with E-state index in [1.54, 1.807) is 41.8 Å². The van der Waals surface area contributed by atoms with Crippen molar-refractivity contribution in [1.29, 1.82) is 0 Å². The molecule has 2 amide bonds. The van der Waals surface area contributed by atoms with E-state index >= 15 is 4.39 Å². The van der Waals surface area contributed by atoms with Crippen LogP contribution in [-0.2, 0) is 6.54 Å². The van der Waals surface area contributed by atoms with E-state index in [4.69, 9.17) is 10.5 Å². The highest BCUT2D eigenvalue weighted by atomic mass is 19.1. The molecule has 0 aliphatic carbocycles. The summed E-state index contributed by atoms with van der Waals surface area (Å²) in [6.07, 6.45) is 10.8. The zero-order valence-corrected chi connectivity index (χ0v) is 21.5. The maximum Gasteiger partial charge on any atom is 0.338 e. The molecule has 2 aromatic heterocycles. The molecule has 0 fully saturated rings. The van der Waals surface area contributed by atoms with E-state index < -0.39 is 11.8 Å². The molecule has 3 aromatic rings. The van der Waals surface area contributed by atoms with Crippen molar-refractivity contribution in [2.75, 3.05) is 32.2 Å². The summed E-state index contributed by atoms with van der Waals surface area (Å²) in [7, 11) is 4.02. The van der Waals surface area contributed by atoms with E-state index in [-0.39, 0.29) is 17.4 Å². The molecule has 9 nitrogen and oxygen atoms in total. The fraction of sp³-hybridized carbons (Fsp3) is 0.296. The first kappa shape index (κ1) is 25.9. The molecule has 0 spiro atoms. The van der Waals surface area contributed by atoms with Crippen molar-refractivity contribution in [3.8, 4) is 22.8 Å². The van der Waals surface area contributed by atoms with Crippen LogP contribution in [0.25, 0.3) is 11.3 Å². The number of ether oxygens (including phenoxy) is 1. The quantitative estimate of drug-likeness (QED) is 0.455. The number of amides is 2. The number of nitrogens with two attached hydrogens (primary N) is 1. The minimum Gasteiger partial charge on any atom is -0.457 e. The molecule has 0 atom stereocenters. The van der Waals surface area contributed by atoms with Crippen LogP contribution in [0.15, 0.2) is 72.8 Å². The maximum atomic E-state index is 15.2. The molecular weight excluding hydrogens is 473 g/mol. The Morgan fingerprint density at radius 3 is 2.70 bits per heavy atom. The number of urea groups is 1. The summed E-state index contributed by atoms with van der Waals surface area (Å²) in [6.45, 7) is 6.19. The number of carbonyl (C=O) groups excluding carboxylic acids is 1. The third-order valence-corrected chi connectivity index (χ3v) is 5.94. The Morgan fingerprint density at radius 1 is 1.22 bits per heavy atom. The maximum absolute atomic E-state index is 15.2. The van der Waals surface area contributed by atoms with Crippen molar-refractivity contribution in [2.45, 2.75) is 20.4 Å². The Hall–Kier alpha value is -4.18. The molecule has 0 bridgehead atoms. The summed E-state index contributed by atoms with van der Waals surface area (Å²) in [6, 6.07) is 6.99. The van der Waals surface area contributed by atoms with Gasteiger partial charge in [0.2, 0.25) is 0 Å². The largest absolute Gasteiger partial charge is 0.457 e. The van der Waals surface area contributed by atoms with Gasteiger partial charge in [0.1, 0.15) is 17.2 Å². The monoisotopic (exact) mass is 505 g/mol. The molecule has 0 saturated carbocycles. The van der Waals surface area contributed by atoms with Crippen molar-refractivity contribution in [2.24, 2.45) is 11.7 Å². The first-order valence-electron chi connectivity index (χ1n) is 12.1. The Bertz CT molecular complexity index is 1320. The van der Waals surface area contributed by atoms with Crippen molar-refractivity contribution in [3.05, 3.63) is 78.7 Å². The summed E-state index contributed by atoms with van der Waals surface area (Å²) >= 11 is 0. The number of anilines is 1. The van der Waals surface area contributed by atoms with Gasteiger partial charge in [-0.1, -0.05) is 19.9 Å². The van der Waals surface area contributed by atoms with E-state index in [2.05, 4.69) is 28.8 Å². The van der Waals surface area contributed by atoms with Crippen molar-refractivity contribution >= 4 is 11.7 Å². The number of carbonyl (C=O) groups is 1. The zero-order valence-electron chi connectivity index (χ0n) is 21.5. The topological polar surface area (TPSA) is 92.7 Å². The second-order valence-electron chi connectivity index (χ2n) is 9.37. The van der Waals surface area contributed by atoms with E-state index in [9.17, 15) is 4.79 Å². The Balaban J connectivity index is 1.50. The van der Waals surface area contributed by atoms with Crippen LogP contribution in [0.2, 0.25) is 0 Å². The number of aromatic nitrogens is 3. The molecular formula is C27H32FN7O2. The lowest BCUT2D eigenvalue weighted by Crippen LogP contribution is -2.48. The molecule has 0 radical (unpaired) electrons. The summed E-state index contributed by atoms with van der Waals surface area (Å²) in [4.78, 5) is 18.8. The second-order valence-corrected chi connectivity index (χ2v) is 9.37. The number of benzene rings is 1. The Labute approximate surface area is 216 Å².